The third-order valence-corrected chi connectivity index (χ3v) is 8.47. The van der Waals surface area contributed by atoms with Gasteiger partial charge in [0.05, 0.1) is 29.8 Å². The molecule has 0 N–H and O–H groups in total. The van der Waals surface area contributed by atoms with Crippen LogP contribution in [0.5, 0.6) is 11.5 Å². The van der Waals surface area contributed by atoms with Gasteiger partial charge < -0.3 is 19.1 Å². The van der Waals surface area contributed by atoms with Crippen molar-refractivity contribution in [2.75, 3.05) is 53.2 Å². The Morgan fingerprint density at radius 2 is 1.60 bits per heavy atom. The van der Waals surface area contributed by atoms with Gasteiger partial charge in [-0.15, -0.1) is 0 Å². The minimum Gasteiger partial charge on any atom is -0.495 e. The highest BCUT2D eigenvalue weighted by atomic mass is 35.5. The average Bonchev–Trinajstić information content (AvgIpc) is 2.93. The third-order valence-electron chi connectivity index (χ3n) is 6.86. The average molecular weight is 657 g/mol. The van der Waals surface area contributed by atoms with E-state index in [1.807, 2.05) is 20.8 Å². The zero-order chi connectivity index (χ0) is 31.7. The van der Waals surface area contributed by atoms with Crippen LogP contribution in [0.1, 0.15) is 27.2 Å². The highest BCUT2D eigenvalue weighted by molar-refractivity contribution is 7.90. The number of hydrogen-bond acceptors (Lipinski definition) is 10. The molecule has 1 fully saturated rings. The Hall–Kier alpha value is -3.13. The number of pyridine rings is 1. The number of rotatable bonds is 8. The quantitative estimate of drug-likeness (QED) is 0.326. The van der Waals surface area contributed by atoms with Gasteiger partial charge in [0.1, 0.15) is 22.7 Å². The molecular weight excluding hydrogens is 621 g/mol. The second-order valence-corrected chi connectivity index (χ2v) is 13.8. The van der Waals surface area contributed by atoms with Crippen molar-refractivity contribution in [3.63, 3.8) is 0 Å². The standard InChI is InChI=1S/C28H35Cl2N5O7S/c1-28(2,3)42-27(37)34-12-10-33(11-13-34)8-7-9-35-24-17(16-31-26(32-24)43(6,38)39)14-18(25(35)36)21-22(29)19(40-4)15-20(41-5)23(21)30/h14-16H,7-13H2,1-6H3. The van der Waals surface area contributed by atoms with Gasteiger partial charge in [0.25, 0.3) is 5.56 Å². The van der Waals surface area contributed by atoms with Crippen molar-refractivity contribution in [1.29, 1.82) is 0 Å². The molecule has 3 heterocycles. The van der Waals surface area contributed by atoms with Crippen molar-refractivity contribution in [2.24, 2.45) is 0 Å². The van der Waals surface area contributed by atoms with Gasteiger partial charge in [-0.2, -0.15) is 4.98 Å². The fourth-order valence-electron chi connectivity index (χ4n) is 4.76. The number of halogens is 2. The van der Waals surface area contributed by atoms with E-state index in [9.17, 15) is 18.0 Å². The topological polar surface area (TPSA) is 133 Å². The van der Waals surface area contributed by atoms with Crippen LogP contribution in [-0.2, 0) is 21.1 Å². The summed E-state index contributed by atoms with van der Waals surface area (Å²) in [7, 11) is -0.872. The van der Waals surface area contributed by atoms with Gasteiger partial charge in [-0.1, -0.05) is 23.2 Å². The van der Waals surface area contributed by atoms with Crippen LogP contribution >= 0.6 is 23.2 Å². The molecule has 2 aromatic heterocycles. The van der Waals surface area contributed by atoms with Crippen molar-refractivity contribution in [2.45, 2.75) is 44.5 Å². The molecule has 1 amide bonds. The number of ether oxygens (including phenoxy) is 3. The molecular formula is C28H35Cl2N5O7S. The minimum absolute atomic E-state index is 0.118. The van der Waals surface area contributed by atoms with E-state index in [1.165, 1.54) is 37.1 Å². The maximum absolute atomic E-state index is 14.0. The van der Waals surface area contributed by atoms with E-state index in [2.05, 4.69) is 14.9 Å². The van der Waals surface area contributed by atoms with Crippen LogP contribution in [0.25, 0.3) is 22.2 Å². The van der Waals surface area contributed by atoms with Gasteiger partial charge >= 0.3 is 6.09 Å². The lowest BCUT2D eigenvalue weighted by Gasteiger charge is -2.35. The summed E-state index contributed by atoms with van der Waals surface area (Å²) in [6.07, 6.45) is 2.55. The highest BCUT2D eigenvalue weighted by Crippen LogP contribution is 2.45. The van der Waals surface area contributed by atoms with Gasteiger partial charge in [-0.3, -0.25) is 14.3 Å². The maximum Gasteiger partial charge on any atom is 0.410 e. The van der Waals surface area contributed by atoms with Crippen LogP contribution in [0, 0.1) is 0 Å². The second kappa shape index (κ2) is 12.8. The number of carbonyl (C=O) groups is 1. The maximum atomic E-state index is 14.0. The van der Waals surface area contributed by atoms with E-state index >= 15 is 0 Å². The van der Waals surface area contributed by atoms with E-state index in [1.54, 1.807) is 4.90 Å². The molecule has 4 rings (SSSR count). The molecule has 15 heteroatoms. The van der Waals surface area contributed by atoms with E-state index in [0.717, 1.165) is 6.26 Å². The van der Waals surface area contributed by atoms with Crippen molar-refractivity contribution >= 4 is 50.2 Å². The minimum atomic E-state index is -3.74. The van der Waals surface area contributed by atoms with Crippen LogP contribution in [0.3, 0.4) is 0 Å². The van der Waals surface area contributed by atoms with E-state index in [4.69, 9.17) is 37.4 Å². The summed E-state index contributed by atoms with van der Waals surface area (Å²) in [6, 6.07) is 3.06. The Morgan fingerprint density at radius 3 is 2.14 bits per heavy atom. The lowest BCUT2D eigenvalue weighted by atomic mass is 10.0. The van der Waals surface area contributed by atoms with E-state index in [0.29, 0.717) is 44.5 Å². The molecule has 3 aromatic rings. The highest BCUT2D eigenvalue weighted by Gasteiger charge is 2.27. The smallest absolute Gasteiger partial charge is 0.410 e. The van der Waals surface area contributed by atoms with Crippen LogP contribution in [-0.4, -0.2) is 97.6 Å². The first-order chi connectivity index (χ1) is 20.1. The monoisotopic (exact) mass is 655 g/mol. The normalized spacial score (nSPS) is 14.7. The Bertz CT molecular complexity index is 1670. The summed E-state index contributed by atoms with van der Waals surface area (Å²) in [5, 5.41) is 0.265. The molecule has 234 valence electrons. The van der Waals surface area contributed by atoms with Crippen molar-refractivity contribution in [3.05, 3.63) is 38.7 Å². The molecule has 0 spiro atoms. The number of benzene rings is 1. The summed E-state index contributed by atoms with van der Waals surface area (Å²) in [6.45, 7) is 8.66. The third kappa shape index (κ3) is 7.34. The van der Waals surface area contributed by atoms with Crippen molar-refractivity contribution < 1.29 is 27.4 Å². The van der Waals surface area contributed by atoms with Crippen molar-refractivity contribution in [3.8, 4) is 22.6 Å². The Labute approximate surface area is 260 Å². The van der Waals surface area contributed by atoms with Gasteiger partial charge in [0.2, 0.25) is 15.0 Å². The largest absolute Gasteiger partial charge is 0.495 e. The zero-order valence-electron chi connectivity index (χ0n) is 24.9. The first-order valence-corrected chi connectivity index (χ1v) is 16.2. The SMILES string of the molecule is COc1cc(OC)c(Cl)c(-c2cc3cnc(S(C)(=O)=O)nc3n(CCCN3CCN(C(=O)OC(C)(C)C)CC3)c2=O)c1Cl. The fraction of sp³-hybridized carbons (Fsp3) is 0.500. The lowest BCUT2D eigenvalue weighted by Crippen LogP contribution is -2.50. The number of piperazine rings is 1. The van der Waals surface area contributed by atoms with Crippen LogP contribution in [0.2, 0.25) is 10.0 Å². The molecule has 1 aliphatic rings. The summed E-state index contributed by atoms with van der Waals surface area (Å²) < 4.78 is 42.1. The number of carbonyl (C=O) groups excluding carboxylic acids is 1. The molecule has 0 saturated carbocycles. The Balaban J connectivity index is 1.67. The molecule has 0 radical (unpaired) electrons. The molecule has 0 unspecified atom stereocenters. The number of aryl methyl sites for hydroxylation is 1. The van der Waals surface area contributed by atoms with Gasteiger partial charge in [0, 0.05) is 62.2 Å². The first kappa shape index (κ1) is 32.8. The van der Waals surface area contributed by atoms with Crippen molar-refractivity contribution in [1.82, 2.24) is 24.3 Å². The molecule has 43 heavy (non-hydrogen) atoms. The number of sulfone groups is 1. The molecule has 0 aliphatic carbocycles. The Morgan fingerprint density at radius 1 is 1.00 bits per heavy atom. The summed E-state index contributed by atoms with van der Waals surface area (Å²) in [4.78, 5) is 38.6. The second-order valence-electron chi connectivity index (χ2n) is 11.2. The molecule has 1 aromatic carbocycles. The number of amides is 1. The number of aromatic nitrogens is 3. The fourth-order valence-corrected chi connectivity index (χ4v) is 5.96. The van der Waals surface area contributed by atoms with Crippen LogP contribution < -0.4 is 15.0 Å². The first-order valence-electron chi connectivity index (χ1n) is 13.6. The van der Waals surface area contributed by atoms with Crippen LogP contribution in [0.4, 0.5) is 4.79 Å². The number of hydrogen-bond donors (Lipinski definition) is 0. The molecule has 12 nitrogen and oxygen atoms in total. The van der Waals surface area contributed by atoms with Gasteiger partial charge in [0.15, 0.2) is 0 Å². The number of methoxy groups -OCH3 is 2. The molecule has 1 saturated heterocycles. The molecule has 0 bridgehead atoms. The number of nitrogens with zero attached hydrogens (tertiary/aromatic N) is 5. The molecule has 1 aliphatic heterocycles. The van der Waals surface area contributed by atoms with E-state index < -0.39 is 26.2 Å². The zero-order valence-corrected chi connectivity index (χ0v) is 27.3. The Kier molecular flexibility index (Phi) is 9.79. The lowest BCUT2D eigenvalue weighted by molar-refractivity contribution is 0.0144. The summed E-state index contributed by atoms with van der Waals surface area (Å²) in [5.74, 6) is 0.524. The molecule has 0 atom stereocenters. The summed E-state index contributed by atoms with van der Waals surface area (Å²) in [5.41, 5.74) is -0.503. The number of fused-ring (bicyclic) bond motifs is 1. The van der Waals surface area contributed by atoms with E-state index in [-0.39, 0.29) is 51.0 Å². The van der Waals surface area contributed by atoms with Crippen LogP contribution in [0.15, 0.2) is 28.3 Å². The van der Waals surface area contributed by atoms with Gasteiger partial charge in [-0.05, 0) is 39.8 Å². The summed E-state index contributed by atoms with van der Waals surface area (Å²) >= 11 is 13.3. The predicted octanol–water partition coefficient (Wildman–Crippen LogP) is 4.13. The predicted molar refractivity (Wildman–Crippen MR) is 164 cm³/mol. The van der Waals surface area contributed by atoms with Gasteiger partial charge in [-0.25, -0.2) is 18.2 Å².